The van der Waals surface area contributed by atoms with Crippen molar-refractivity contribution in [2.45, 2.75) is 45.6 Å². The van der Waals surface area contributed by atoms with Crippen LogP contribution in [0, 0.1) is 18.3 Å². The molecule has 1 aliphatic heterocycles. The van der Waals surface area contributed by atoms with Gasteiger partial charge in [-0.25, -0.2) is 0 Å². The van der Waals surface area contributed by atoms with Gasteiger partial charge < -0.3 is 10.2 Å². The van der Waals surface area contributed by atoms with Gasteiger partial charge in [0.1, 0.15) is 0 Å². The van der Waals surface area contributed by atoms with Gasteiger partial charge in [-0.3, -0.25) is 0 Å². The fourth-order valence-electron chi connectivity index (χ4n) is 2.33. The summed E-state index contributed by atoms with van der Waals surface area (Å²) in [5.74, 6) is 3.48. The smallest absolute Gasteiger partial charge is 0.00981 e. The van der Waals surface area contributed by atoms with Gasteiger partial charge in [0.15, 0.2) is 0 Å². The number of rotatable bonds is 6. The van der Waals surface area contributed by atoms with Gasteiger partial charge in [-0.05, 0) is 44.8 Å². The predicted octanol–water partition coefficient (Wildman–Crippen LogP) is 2.11. The molecule has 0 aromatic rings. The SMILES string of the molecule is C#CCCCNC1CCN(CC(C)C)CC1. The predicted molar refractivity (Wildman–Crippen MR) is 70.4 cm³/mol. The van der Waals surface area contributed by atoms with E-state index in [1.165, 1.54) is 32.5 Å². The maximum Gasteiger partial charge on any atom is 0.00981 e. The molecule has 0 unspecified atom stereocenters. The van der Waals surface area contributed by atoms with Gasteiger partial charge >= 0.3 is 0 Å². The number of piperidine rings is 1. The van der Waals surface area contributed by atoms with Crippen molar-refractivity contribution in [1.29, 1.82) is 0 Å². The van der Waals surface area contributed by atoms with E-state index in [0.717, 1.165) is 31.3 Å². The zero-order valence-electron chi connectivity index (χ0n) is 10.8. The van der Waals surface area contributed by atoms with Gasteiger partial charge in [-0.2, -0.15) is 0 Å². The van der Waals surface area contributed by atoms with E-state index in [0.29, 0.717) is 0 Å². The molecule has 0 atom stereocenters. The first-order chi connectivity index (χ1) is 7.72. The van der Waals surface area contributed by atoms with Crippen molar-refractivity contribution in [3.63, 3.8) is 0 Å². The van der Waals surface area contributed by atoms with E-state index >= 15 is 0 Å². The highest BCUT2D eigenvalue weighted by atomic mass is 15.1. The standard InChI is InChI=1S/C14H26N2/c1-4-5-6-9-15-14-7-10-16(11-8-14)12-13(2)3/h1,13-15H,5-12H2,2-3H3. The Kier molecular flexibility index (Phi) is 6.52. The Bertz CT molecular complexity index is 209. The summed E-state index contributed by atoms with van der Waals surface area (Å²) < 4.78 is 0. The maximum atomic E-state index is 5.23. The lowest BCUT2D eigenvalue weighted by Gasteiger charge is -2.33. The number of likely N-dealkylation sites (tertiary alicyclic amines) is 1. The number of nitrogens with zero attached hydrogens (tertiary/aromatic N) is 1. The van der Waals surface area contributed by atoms with Crippen LogP contribution in [0.4, 0.5) is 0 Å². The molecule has 0 bridgehead atoms. The number of terminal acetylenes is 1. The summed E-state index contributed by atoms with van der Waals surface area (Å²) in [5.41, 5.74) is 0. The van der Waals surface area contributed by atoms with Gasteiger partial charge in [0, 0.05) is 19.0 Å². The summed E-state index contributed by atoms with van der Waals surface area (Å²) in [6, 6.07) is 0.723. The van der Waals surface area contributed by atoms with Gasteiger partial charge in [-0.1, -0.05) is 13.8 Å². The van der Waals surface area contributed by atoms with Crippen LogP contribution in [0.25, 0.3) is 0 Å². The Labute approximate surface area is 101 Å². The highest BCUT2D eigenvalue weighted by molar-refractivity contribution is 4.84. The summed E-state index contributed by atoms with van der Waals surface area (Å²) in [6.45, 7) is 9.44. The molecule has 1 aliphatic rings. The molecular weight excluding hydrogens is 196 g/mol. The summed E-state index contributed by atoms with van der Waals surface area (Å²) in [4.78, 5) is 2.59. The minimum atomic E-state index is 0.723. The Morgan fingerprint density at radius 3 is 2.62 bits per heavy atom. The lowest BCUT2D eigenvalue weighted by Crippen LogP contribution is -2.43. The van der Waals surface area contributed by atoms with Crippen molar-refractivity contribution in [3.05, 3.63) is 0 Å². The summed E-state index contributed by atoms with van der Waals surface area (Å²) in [6.07, 6.45) is 9.83. The second-order valence-electron chi connectivity index (χ2n) is 5.23. The molecule has 2 nitrogen and oxygen atoms in total. The third kappa shape index (κ3) is 5.53. The Balaban J connectivity index is 2.06. The van der Waals surface area contributed by atoms with Crippen molar-refractivity contribution in [2.75, 3.05) is 26.2 Å². The normalized spacial score (nSPS) is 18.9. The molecule has 0 aromatic heterocycles. The van der Waals surface area contributed by atoms with Gasteiger partial charge in [0.05, 0.1) is 0 Å². The molecule has 16 heavy (non-hydrogen) atoms. The van der Waals surface area contributed by atoms with Gasteiger partial charge in [0.25, 0.3) is 0 Å². The molecule has 1 N–H and O–H groups in total. The van der Waals surface area contributed by atoms with Crippen LogP contribution >= 0.6 is 0 Å². The second kappa shape index (κ2) is 7.70. The van der Waals surface area contributed by atoms with E-state index < -0.39 is 0 Å². The van der Waals surface area contributed by atoms with Crippen molar-refractivity contribution in [3.8, 4) is 12.3 Å². The summed E-state index contributed by atoms with van der Waals surface area (Å²) in [5, 5.41) is 3.61. The van der Waals surface area contributed by atoms with E-state index in [4.69, 9.17) is 6.42 Å². The van der Waals surface area contributed by atoms with Crippen LogP contribution in [0.15, 0.2) is 0 Å². The first-order valence-electron chi connectivity index (χ1n) is 6.61. The molecule has 0 radical (unpaired) electrons. The van der Waals surface area contributed by atoms with Crippen molar-refractivity contribution < 1.29 is 0 Å². The fraction of sp³-hybridized carbons (Fsp3) is 0.857. The molecule has 0 saturated carbocycles. The zero-order chi connectivity index (χ0) is 11.8. The largest absolute Gasteiger partial charge is 0.314 e. The van der Waals surface area contributed by atoms with Crippen LogP contribution in [-0.2, 0) is 0 Å². The molecule has 1 fully saturated rings. The van der Waals surface area contributed by atoms with E-state index in [1.807, 2.05) is 0 Å². The number of hydrogen-bond donors (Lipinski definition) is 1. The topological polar surface area (TPSA) is 15.3 Å². The highest BCUT2D eigenvalue weighted by Gasteiger charge is 2.18. The van der Waals surface area contributed by atoms with Gasteiger partial charge in [-0.15, -0.1) is 12.3 Å². The first kappa shape index (κ1) is 13.5. The molecule has 1 rings (SSSR count). The van der Waals surface area contributed by atoms with Crippen molar-refractivity contribution >= 4 is 0 Å². The van der Waals surface area contributed by atoms with Crippen LogP contribution in [0.2, 0.25) is 0 Å². The molecule has 0 aliphatic carbocycles. The molecular formula is C14H26N2. The monoisotopic (exact) mass is 222 g/mol. The number of unbranched alkanes of at least 4 members (excludes halogenated alkanes) is 1. The van der Waals surface area contributed by atoms with E-state index in [-0.39, 0.29) is 0 Å². The lowest BCUT2D eigenvalue weighted by atomic mass is 10.0. The molecule has 0 aromatic carbocycles. The molecule has 0 spiro atoms. The van der Waals surface area contributed by atoms with Crippen molar-refractivity contribution in [1.82, 2.24) is 10.2 Å². The number of hydrogen-bond acceptors (Lipinski definition) is 2. The summed E-state index contributed by atoms with van der Waals surface area (Å²) in [7, 11) is 0. The van der Waals surface area contributed by atoms with Crippen LogP contribution in [0.5, 0.6) is 0 Å². The molecule has 0 amide bonds. The van der Waals surface area contributed by atoms with Gasteiger partial charge in [0.2, 0.25) is 0 Å². The zero-order valence-corrected chi connectivity index (χ0v) is 10.8. The molecule has 1 saturated heterocycles. The third-order valence-corrected chi connectivity index (χ3v) is 3.14. The lowest BCUT2D eigenvalue weighted by molar-refractivity contribution is 0.180. The van der Waals surface area contributed by atoms with E-state index in [2.05, 4.69) is 30.0 Å². The van der Waals surface area contributed by atoms with Crippen LogP contribution < -0.4 is 5.32 Å². The second-order valence-corrected chi connectivity index (χ2v) is 5.23. The quantitative estimate of drug-likeness (QED) is 0.547. The average molecular weight is 222 g/mol. The minimum Gasteiger partial charge on any atom is -0.314 e. The Morgan fingerprint density at radius 1 is 1.38 bits per heavy atom. The molecule has 92 valence electrons. The van der Waals surface area contributed by atoms with E-state index in [9.17, 15) is 0 Å². The minimum absolute atomic E-state index is 0.723. The van der Waals surface area contributed by atoms with E-state index in [1.54, 1.807) is 0 Å². The van der Waals surface area contributed by atoms with Crippen molar-refractivity contribution in [2.24, 2.45) is 5.92 Å². The Morgan fingerprint density at radius 2 is 2.06 bits per heavy atom. The molecule has 2 heteroatoms. The summed E-state index contributed by atoms with van der Waals surface area (Å²) >= 11 is 0. The molecule has 1 heterocycles. The fourth-order valence-corrected chi connectivity index (χ4v) is 2.33. The number of nitrogens with one attached hydrogen (secondary N) is 1. The third-order valence-electron chi connectivity index (χ3n) is 3.14. The first-order valence-corrected chi connectivity index (χ1v) is 6.61. The van der Waals surface area contributed by atoms with Crippen LogP contribution in [0.1, 0.15) is 39.5 Å². The Hall–Kier alpha value is -0.520. The highest BCUT2D eigenvalue weighted by Crippen LogP contribution is 2.11. The van der Waals surface area contributed by atoms with Crippen LogP contribution in [-0.4, -0.2) is 37.1 Å². The van der Waals surface area contributed by atoms with Crippen LogP contribution in [0.3, 0.4) is 0 Å². The maximum absolute atomic E-state index is 5.23. The average Bonchev–Trinajstić information content (AvgIpc) is 2.26.